The van der Waals surface area contributed by atoms with Gasteiger partial charge in [-0.3, -0.25) is 9.59 Å². The van der Waals surface area contributed by atoms with Gasteiger partial charge in [0.2, 0.25) is 5.24 Å². The zero-order chi connectivity index (χ0) is 11.5. The van der Waals surface area contributed by atoms with Crippen molar-refractivity contribution in [1.82, 2.24) is 4.90 Å². The van der Waals surface area contributed by atoms with Gasteiger partial charge in [-0.2, -0.15) is 0 Å². The number of amides is 1. The second-order valence-electron chi connectivity index (χ2n) is 3.87. The van der Waals surface area contributed by atoms with Gasteiger partial charge in [-0.25, -0.2) is 0 Å². The van der Waals surface area contributed by atoms with Crippen LogP contribution in [0.3, 0.4) is 0 Å². The highest BCUT2D eigenvalue weighted by Gasteiger charge is 2.28. The fraction of sp³-hybridized carbons (Fsp3) is 0.455. The SMILES string of the molecule is O=C(Cl)C1CCCN(C(=O)c2ccco2)C1. The number of piperidine rings is 1. The Hall–Kier alpha value is -1.29. The summed E-state index contributed by atoms with van der Waals surface area (Å²) in [5, 5.41) is -0.364. The van der Waals surface area contributed by atoms with Gasteiger partial charge < -0.3 is 9.32 Å². The summed E-state index contributed by atoms with van der Waals surface area (Å²) < 4.78 is 5.04. The summed E-state index contributed by atoms with van der Waals surface area (Å²) in [6.07, 6.45) is 3.02. The molecule has 1 atom stereocenters. The highest BCUT2D eigenvalue weighted by atomic mass is 35.5. The number of halogens is 1. The number of carbonyl (C=O) groups is 2. The second-order valence-corrected chi connectivity index (χ2v) is 4.24. The highest BCUT2D eigenvalue weighted by Crippen LogP contribution is 2.20. The number of hydrogen-bond donors (Lipinski definition) is 0. The van der Waals surface area contributed by atoms with E-state index in [2.05, 4.69) is 0 Å². The van der Waals surface area contributed by atoms with Crippen LogP contribution in [0.2, 0.25) is 0 Å². The van der Waals surface area contributed by atoms with Crippen molar-refractivity contribution in [3.8, 4) is 0 Å². The summed E-state index contributed by atoms with van der Waals surface area (Å²) in [6, 6.07) is 3.29. The van der Waals surface area contributed by atoms with Gasteiger partial charge in [-0.1, -0.05) is 0 Å². The van der Waals surface area contributed by atoms with Gasteiger partial charge in [0.15, 0.2) is 5.76 Å². The van der Waals surface area contributed by atoms with Crippen LogP contribution in [0, 0.1) is 5.92 Å². The Morgan fingerprint density at radius 3 is 2.94 bits per heavy atom. The molecule has 1 saturated heterocycles. The summed E-state index contributed by atoms with van der Waals surface area (Å²) in [6.45, 7) is 1.04. The van der Waals surface area contributed by atoms with Crippen LogP contribution in [0.15, 0.2) is 22.8 Å². The molecule has 0 bridgehead atoms. The molecule has 4 nitrogen and oxygen atoms in total. The van der Waals surface area contributed by atoms with Crippen LogP contribution in [0.25, 0.3) is 0 Å². The van der Waals surface area contributed by atoms with E-state index in [1.54, 1.807) is 17.0 Å². The molecule has 2 heterocycles. The fourth-order valence-corrected chi connectivity index (χ4v) is 2.08. The van der Waals surface area contributed by atoms with Crippen molar-refractivity contribution in [2.24, 2.45) is 5.92 Å². The van der Waals surface area contributed by atoms with E-state index >= 15 is 0 Å². The molecule has 0 N–H and O–H groups in total. The lowest BCUT2D eigenvalue weighted by Gasteiger charge is -2.30. The molecule has 1 fully saturated rings. The first-order valence-corrected chi connectivity index (χ1v) is 5.58. The summed E-state index contributed by atoms with van der Waals surface area (Å²) >= 11 is 5.45. The first kappa shape index (κ1) is 11.2. The Morgan fingerprint density at radius 2 is 2.31 bits per heavy atom. The Bertz CT molecular complexity index is 388. The van der Waals surface area contributed by atoms with Crippen LogP contribution in [0.5, 0.6) is 0 Å². The van der Waals surface area contributed by atoms with Crippen LogP contribution >= 0.6 is 11.6 Å². The molecule has 16 heavy (non-hydrogen) atoms. The number of likely N-dealkylation sites (tertiary alicyclic amines) is 1. The summed E-state index contributed by atoms with van der Waals surface area (Å²) in [5.74, 6) is -0.107. The van der Waals surface area contributed by atoms with Crippen LogP contribution in [-0.2, 0) is 4.79 Å². The van der Waals surface area contributed by atoms with Gasteiger partial charge in [-0.05, 0) is 36.6 Å². The average Bonchev–Trinajstić information content (AvgIpc) is 2.81. The van der Waals surface area contributed by atoms with Gasteiger partial charge in [0.05, 0.1) is 12.2 Å². The maximum atomic E-state index is 11.9. The van der Waals surface area contributed by atoms with Gasteiger partial charge in [0.25, 0.3) is 5.91 Å². The lowest BCUT2D eigenvalue weighted by molar-refractivity contribution is -0.116. The molecule has 86 valence electrons. The van der Waals surface area contributed by atoms with Crippen molar-refractivity contribution < 1.29 is 14.0 Å². The molecule has 1 aromatic rings. The molecule has 0 saturated carbocycles. The molecule has 1 unspecified atom stereocenters. The Labute approximate surface area is 98.2 Å². The van der Waals surface area contributed by atoms with E-state index in [1.807, 2.05) is 0 Å². The maximum absolute atomic E-state index is 11.9. The number of furan rings is 1. The van der Waals surface area contributed by atoms with Crippen LogP contribution in [-0.4, -0.2) is 29.1 Å². The van der Waals surface area contributed by atoms with Crippen LogP contribution in [0.4, 0.5) is 0 Å². The predicted molar refractivity (Wildman–Crippen MR) is 58.2 cm³/mol. The quantitative estimate of drug-likeness (QED) is 0.743. The first-order chi connectivity index (χ1) is 7.68. The van der Waals surface area contributed by atoms with Crippen molar-refractivity contribution in [2.45, 2.75) is 12.8 Å². The van der Waals surface area contributed by atoms with Gasteiger partial charge >= 0.3 is 0 Å². The van der Waals surface area contributed by atoms with E-state index in [9.17, 15) is 9.59 Å². The average molecular weight is 242 g/mol. The molecule has 5 heteroatoms. The Kier molecular flexibility index (Phi) is 3.29. The summed E-state index contributed by atoms with van der Waals surface area (Å²) in [5.41, 5.74) is 0. The van der Waals surface area contributed by atoms with E-state index < -0.39 is 0 Å². The predicted octanol–water partition coefficient (Wildman–Crippen LogP) is 1.90. The number of carbonyl (C=O) groups excluding carboxylic acids is 2. The van der Waals surface area contributed by atoms with Gasteiger partial charge in [0, 0.05) is 13.1 Å². The first-order valence-electron chi connectivity index (χ1n) is 5.20. The molecule has 1 aliphatic rings. The third-order valence-electron chi connectivity index (χ3n) is 2.76. The molecule has 2 rings (SSSR count). The molecule has 1 aliphatic heterocycles. The molecule has 1 amide bonds. The topological polar surface area (TPSA) is 50.5 Å². The van der Waals surface area contributed by atoms with E-state index in [0.29, 0.717) is 18.8 Å². The number of hydrogen-bond acceptors (Lipinski definition) is 3. The normalized spacial score (nSPS) is 20.8. The van der Waals surface area contributed by atoms with E-state index in [0.717, 1.165) is 12.8 Å². The minimum Gasteiger partial charge on any atom is -0.459 e. The minimum absolute atomic E-state index is 0.174. The van der Waals surface area contributed by atoms with Crippen molar-refractivity contribution in [3.63, 3.8) is 0 Å². The van der Waals surface area contributed by atoms with Gasteiger partial charge in [0.1, 0.15) is 0 Å². The number of nitrogens with zero attached hydrogens (tertiary/aromatic N) is 1. The van der Waals surface area contributed by atoms with E-state index in [-0.39, 0.29) is 17.1 Å². The molecule has 1 aromatic heterocycles. The van der Waals surface area contributed by atoms with Crippen molar-refractivity contribution >= 4 is 22.8 Å². The molecular formula is C11H12ClNO3. The third kappa shape index (κ3) is 2.27. The minimum atomic E-state index is -0.364. The zero-order valence-corrected chi connectivity index (χ0v) is 9.44. The van der Waals surface area contributed by atoms with Crippen molar-refractivity contribution in [2.75, 3.05) is 13.1 Å². The van der Waals surface area contributed by atoms with Crippen LogP contribution < -0.4 is 0 Å². The van der Waals surface area contributed by atoms with E-state index in [1.165, 1.54) is 6.26 Å². The molecule has 0 spiro atoms. The second kappa shape index (κ2) is 4.70. The Balaban J connectivity index is 2.05. The third-order valence-corrected chi connectivity index (χ3v) is 3.07. The molecule has 0 radical (unpaired) electrons. The Morgan fingerprint density at radius 1 is 1.50 bits per heavy atom. The highest BCUT2D eigenvalue weighted by molar-refractivity contribution is 6.64. The summed E-state index contributed by atoms with van der Waals surface area (Å²) in [7, 11) is 0. The molecular weight excluding hydrogens is 230 g/mol. The molecule has 0 aromatic carbocycles. The standard InChI is InChI=1S/C11H12ClNO3/c12-10(14)8-3-1-5-13(7-8)11(15)9-4-2-6-16-9/h2,4,6,8H,1,3,5,7H2. The largest absolute Gasteiger partial charge is 0.459 e. The maximum Gasteiger partial charge on any atom is 0.289 e. The zero-order valence-electron chi connectivity index (χ0n) is 8.69. The number of rotatable bonds is 2. The van der Waals surface area contributed by atoms with Gasteiger partial charge in [-0.15, -0.1) is 0 Å². The van der Waals surface area contributed by atoms with Crippen molar-refractivity contribution in [1.29, 1.82) is 0 Å². The lowest BCUT2D eigenvalue weighted by Crippen LogP contribution is -2.41. The fourth-order valence-electron chi connectivity index (χ4n) is 1.90. The smallest absolute Gasteiger partial charge is 0.289 e. The summed E-state index contributed by atoms with van der Waals surface area (Å²) in [4.78, 5) is 24.6. The lowest BCUT2D eigenvalue weighted by atomic mass is 9.99. The van der Waals surface area contributed by atoms with Crippen molar-refractivity contribution in [3.05, 3.63) is 24.2 Å². The molecule has 0 aliphatic carbocycles. The van der Waals surface area contributed by atoms with Crippen LogP contribution in [0.1, 0.15) is 23.4 Å². The van der Waals surface area contributed by atoms with E-state index in [4.69, 9.17) is 16.0 Å². The monoisotopic (exact) mass is 241 g/mol.